The molecule has 0 bridgehead atoms. The lowest BCUT2D eigenvalue weighted by Gasteiger charge is -2.35. The Bertz CT molecular complexity index is 3240. The number of rotatable bonds is 15. The van der Waals surface area contributed by atoms with Crippen LogP contribution in [0.1, 0.15) is 114 Å². The van der Waals surface area contributed by atoms with E-state index in [1.54, 1.807) is 46.9 Å². The summed E-state index contributed by atoms with van der Waals surface area (Å²) in [5, 5.41) is 32.9. The highest BCUT2D eigenvalue weighted by Gasteiger charge is 2.45. The molecule has 0 saturated carbocycles. The number of likely N-dealkylation sites (tertiary alicyclic amines) is 1. The number of nitrogens with one attached hydrogen (secondary N) is 3. The van der Waals surface area contributed by atoms with Crippen molar-refractivity contribution in [2.75, 3.05) is 19.7 Å². The Morgan fingerprint density at radius 1 is 0.945 bits per heavy atom. The van der Waals surface area contributed by atoms with Crippen LogP contribution in [0.5, 0.6) is 5.75 Å². The number of aliphatic hydroxyl groups is 1. The Kier molecular flexibility index (Phi) is 14.8. The van der Waals surface area contributed by atoms with Crippen molar-refractivity contribution in [2.24, 2.45) is 10.4 Å². The number of fused-ring (bicyclic) bond motifs is 4. The second kappa shape index (κ2) is 21.1. The van der Waals surface area contributed by atoms with Gasteiger partial charge < -0.3 is 35.1 Å². The van der Waals surface area contributed by atoms with Crippen molar-refractivity contribution >= 4 is 74.6 Å². The second-order valence-corrected chi connectivity index (χ2v) is 22.5. The van der Waals surface area contributed by atoms with Gasteiger partial charge in [-0.2, -0.15) is 0 Å². The van der Waals surface area contributed by atoms with Crippen LogP contribution in [0.25, 0.3) is 26.4 Å². The van der Waals surface area contributed by atoms with E-state index in [0.717, 1.165) is 43.4 Å². The lowest BCUT2D eigenvalue weighted by atomic mass is 9.85. The minimum absolute atomic E-state index is 0.00527. The fraction of sp³-hybridized carbons (Fsp3) is 0.364. The van der Waals surface area contributed by atoms with Gasteiger partial charge in [-0.3, -0.25) is 28.7 Å². The summed E-state index contributed by atoms with van der Waals surface area (Å²) in [5.74, 6) is 0.197. The molecule has 0 unspecified atom stereocenters. The van der Waals surface area contributed by atoms with E-state index in [9.17, 15) is 24.3 Å². The molecule has 2 aliphatic rings. The van der Waals surface area contributed by atoms with Crippen molar-refractivity contribution < 1.29 is 33.4 Å². The van der Waals surface area contributed by atoms with Crippen LogP contribution in [-0.4, -0.2) is 92.0 Å². The van der Waals surface area contributed by atoms with Crippen LogP contribution in [0.3, 0.4) is 0 Å². The molecule has 7 aromatic rings. The van der Waals surface area contributed by atoms with E-state index >= 15 is 0 Å². The number of hydrogen-bond donors (Lipinski definition) is 4. The summed E-state index contributed by atoms with van der Waals surface area (Å²) in [6, 6.07) is 21.5. The first-order valence-corrected chi connectivity index (χ1v) is 26.5. The van der Waals surface area contributed by atoms with Crippen LogP contribution >= 0.6 is 34.3 Å². The number of hydrogen-bond acceptors (Lipinski definition) is 12. The van der Waals surface area contributed by atoms with Crippen molar-refractivity contribution in [3.63, 3.8) is 0 Å². The van der Waals surface area contributed by atoms with Crippen LogP contribution in [0, 0.1) is 33.1 Å². The van der Waals surface area contributed by atoms with E-state index in [2.05, 4.69) is 58.4 Å². The number of carbonyl (C=O) groups excluding carboxylic acids is 4. The Balaban J connectivity index is 0.794. The Labute approximate surface area is 437 Å². The fourth-order valence-electron chi connectivity index (χ4n) is 9.40. The topological polar surface area (TPSA) is 193 Å². The molecule has 0 radical (unpaired) electrons. The van der Waals surface area contributed by atoms with E-state index in [0.29, 0.717) is 53.0 Å². The summed E-state index contributed by atoms with van der Waals surface area (Å²) in [7, 11) is 0. The van der Waals surface area contributed by atoms with E-state index < -0.39 is 41.5 Å². The molecule has 9 rings (SSSR count). The highest BCUT2D eigenvalue weighted by molar-refractivity contribution is 7.15. The summed E-state index contributed by atoms with van der Waals surface area (Å²) in [6.45, 7) is 16.1. The Morgan fingerprint density at radius 3 is 2.40 bits per heavy atom. The van der Waals surface area contributed by atoms with Gasteiger partial charge in [-0.15, -0.1) is 32.9 Å². The molecule has 73 heavy (non-hydrogen) atoms. The second-order valence-electron chi connectivity index (χ2n) is 19.9. The average Bonchev–Trinajstić information content (AvgIpc) is 4.19. The zero-order chi connectivity index (χ0) is 51.9. The molecule has 3 aromatic carbocycles. The number of aliphatic imine (C=N–C) groups is 1. The van der Waals surface area contributed by atoms with Crippen LogP contribution in [-0.2, 0) is 14.4 Å². The third-order valence-corrected chi connectivity index (χ3v) is 16.0. The van der Waals surface area contributed by atoms with E-state index in [4.69, 9.17) is 25.7 Å². The molecular formula is C55H59ClN8O7S2. The summed E-state index contributed by atoms with van der Waals surface area (Å²) in [5.41, 5.74) is 6.65. The smallest absolute Gasteiger partial charge is 0.287 e. The molecule has 15 nitrogen and oxygen atoms in total. The molecule has 2 aliphatic heterocycles. The Morgan fingerprint density at radius 2 is 1.68 bits per heavy atom. The third-order valence-electron chi connectivity index (χ3n) is 13.5. The van der Waals surface area contributed by atoms with E-state index in [1.165, 1.54) is 15.3 Å². The third kappa shape index (κ3) is 10.9. The molecule has 6 heterocycles. The van der Waals surface area contributed by atoms with E-state index in [-0.39, 0.29) is 43.0 Å². The van der Waals surface area contributed by atoms with Gasteiger partial charge in [0.1, 0.15) is 40.3 Å². The molecule has 4 amide bonds. The largest absolute Gasteiger partial charge is 0.494 e. The van der Waals surface area contributed by atoms with Crippen molar-refractivity contribution in [2.45, 2.75) is 105 Å². The van der Waals surface area contributed by atoms with Crippen LogP contribution in [0.15, 0.2) is 93.7 Å². The number of furan rings is 1. The first-order chi connectivity index (χ1) is 34.8. The van der Waals surface area contributed by atoms with Crippen molar-refractivity contribution in [3.05, 3.63) is 139 Å². The quantitative estimate of drug-likeness (QED) is 0.0724. The number of halogens is 1. The maximum absolute atomic E-state index is 14.4. The first kappa shape index (κ1) is 51.2. The number of amides is 4. The number of carbonyl (C=O) groups is 4. The molecule has 0 spiro atoms. The van der Waals surface area contributed by atoms with Gasteiger partial charge in [-0.05, 0) is 117 Å². The van der Waals surface area contributed by atoms with Crippen molar-refractivity contribution in [1.29, 1.82) is 0 Å². The minimum Gasteiger partial charge on any atom is -0.494 e. The molecular weight excluding hydrogens is 984 g/mol. The number of aliphatic hydroxyl groups excluding tert-OH is 1. The molecule has 4 N–H and O–H groups in total. The van der Waals surface area contributed by atoms with Crippen LogP contribution in [0.2, 0.25) is 5.02 Å². The number of thiophene rings is 2. The number of aromatic nitrogens is 3. The van der Waals surface area contributed by atoms with Crippen LogP contribution in [0.4, 0.5) is 0 Å². The monoisotopic (exact) mass is 1040 g/mol. The molecule has 18 heteroatoms. The predicted octanol–water partition coefficient (Wildman–Crippen LogP) is 9.54. The van der Waals surface area contributed by atoms with Gasteiger partial charge in [0.2, 0.25) is 17.7 Å². The maximum Gasteiger partial charge on any atom is 0.287 e. The number of benzene rings is 3. The van der Waals surface area contributed by atoms with Gasteiger partial charge in [0.05, 0.1) is 30.9 Å². The van der Waals surface area contributed by atoms with Gasteiger partial charge in [0, 0.05) is 50.8 Å². The van der Waals surface area contributed by atoms with Gasteiger partial charge in [0.15, 0.2) is 11.6 Å². The summed E-state index contributed by atoms with van der Waals surface area (Å²) in [6.07, 6.45) is -0.267. The summed E-state index contributed by atoms with van der Waals surface area (Å²) >= 11 is 9.59. The summed E-state index contributed by atoms with van der Waals surface area (Å²) in [4.78, 5) is 64.4. The summed E-state index contributed by atoms with van der Waals surface area (Å²) < 4.78 is 14.0. The van der Waals surface area contributed by atoms with Crippen LogP contribution < -0.4 is 20.7 Å². The van der Waals surface area contributed by atoms with Gasteiger partial charge in [-0.25, -0.2) is 0 Å². The molecule has 1 fully saturated rings. The standard InChI is InChI=1S/C55H59ClN8O7S2/c1-29-20-23-72-48(29)36-12-10-34(11-13-36)31(3)58-51(67)42-26-39(65)28-63(42)53(69)49(55(6,7)8)60-52(68)44-25-37-24-40(18-19-43(37)71-44)70-22-9-21-57-45(66)27-41-50-62-61-33(5)64(50)54-46(30(2)32(4)73-54)47(59-41)35-14-16-38(56)17-15-35/h10-20,23-25,31,39,41-42,49,65H,9,21-22,26-28H2,1-8H3,(H,57,66)(H,58,67)(H,60,68)/t31-,39+,41-,42-,49+/m0/s1. The fourth-order valence-corrected chi connectivity index (χ4v) is 11.7. The lowest BCUT2D eigenvalue weighted by molar-refractivity contribution is -0.142. The molecule has 0 aliphatic carbocycles. The highest BCUT2D eigenvalue weighted by Crippen LogP contribution is 2.40. The maximum atomic E-state index is 14.4. The average molecular weight is 1040 g/mol. The number of β-amino-alcohol motifs (C(OH)–C–C–N with tert-alkyl or cyclic N) is 1. The zero-order valence-electron chi connectivity index (χ0n) is 42.0. The minimum atomic E-state index is -1.06. The molecule has 5 atom stereocenters. The SMILES string of the molecule is Cc1ccsc1-c1ccc([C@H](C)NC(=O)[C@@H]2C[C@@H](O)CN2C(=O)[C@@H](NC(=O)c2cc3cc(OCCCNC(=O)C[C@@H]4N=C(c5ccc(Cl)cc5)c5c(sc(C)c5C)-n5c(C)nnc54)ccc3o2)C(C)(C)C)cc1. The zero-order valence-corrected chi connectivity index (χ0v) is 44.4. The lowest BCUT2D eigenvalue weighted by Crippen LogP contribution is -2.57. The first-order valence-electron chi connectivity index (χ1n) is 24.4. The van der Waals surface area contributed by atoms with Crippen molar-refractivity contribution in [1.82, 2.24) is 35.6 Å². The normalized spacial score (nSPS) is 17.3. The molecule has 380 valence electrons. The van der Waals surface area contributed by atoms with Crippen molar-refractivity contribution in [3.8, 4) is 21.2 Å². The van der Waals surface area contributed by atoms with E-state index in [1.807, 2.05) is 87.7 Å². The van der Waals surface area contributed by atoms with Gasteiger partial charge >= 0.3 is 0 Å². The van der Waals surface area contributed by atoms with Gasteiger partial charge in [0.25, 0.3) is 5.91 Å². The van der Waals surface area contributed by atoms with Gasteiger partial charge in [-0.1, -0.05) is 68.8 Å². The Hall–Kier alpha value is -6.66. The molecule has 1 saturated heterocycles. The molecule has 4 aromatic heterocycles. The number of aryl methyl sites for hydroxylation is 3. The number of nitrogens with zero attached hydrogens (tertiary/aromatic N) is 5. The highest BCUT2D eigenvalue weighted by atomic mass is 35.5. The number of ether oxygens (including phenoxy) is 1. The predicted molar refractivity (Wildman–Crippen MR) is 285 cm³/mol.